The first kappa shape index (κ1) is 29.4. The lowest BCUT2D eigenvalue weighted by Gasteiger charge is -2.33. The molecule has 6 heteroatoms. The molecule has 0 aliphatic rings. The molecule has 3 rings (SSSR count). The summed E-state index contributed by atoms with van der Waals surface area (Å²) in [4.78, 5) is 29.0. The van der Waals surface area contributed by atoms with Crippen LogP contribution in [0.2, 0.25) is 0 Å². The van der Waals surface area contributed by atoms with E-state index in [1.807, 2.05) is 99.6 Å². The van der Waals surface area contributed by atoms with Crippen LogP contribution in [-0.2, 0) is 28.0 Å². The fourth-order valence-corrected chi connectivity index (χ4v) is 4.59. The average molecular weight is 580 g/mol. The fourth-order valence-electron chi connectivity index (χ4n) is 4.09. The lowest BCUT2D eigenvalue weighted by Crippen LogP contribution is -2.55. The van der Waals surface area contributed by atoms with Crippen LogP contribution >= 0.6 is 15.9 Å². The van der Waals surface area contributed by atoms with Crippen LogP contribution in [0.5, 0.6) is 5.75 Å². The average Bonchev–Trinajstić information content (AvgIpc) is 2.84. The third-order valence-corrected chi connectivity index (χ3v) is 6.73. The Balaban J connectivity index is 1.90. The van der Waals surface area contributed by atoms with E-state index in [1.165, 1.54) is 0 Å². The largest absolute Gasteiger partial charge is 0.483 e. The van der Waals surface area contributed by atoms with E-state index in [0.29, 0.717) is 18.7 Å². The topological polar surface area (TPSA) is 58.6 Å². The first-order valence-corrected chi connectivity index (χ1v) is 13.7. The van der Waals surface area contributed by atoms with Crippen LogP contribution < -0.4 is 10.1 Å². The molecule has 0 fully saturated rings. The summed E-state index contributed by atoms with van der Waals surface area (Å²) in [7, 11) is 0. The summed E-state index contributed by atoms with van der Waals surface area (Å²) in [6.45, 7) is 12.4. The minimum atomic E-state index is -0.709. The molecule has 202 valence electrons. The van der Waals surface area contributed by atoms with Gasteiger partial charge >= 0.3 is 0 Å². The van der Waals surface area contributed by atoms with Crippen molar-refractivity contribution >= 4 is 27.7 Å². The van der Waals surface area contributed by atoms with Gasteiger partial charge in [-0.05, 0) is 70.9 Å². The zero-order chi connectivity index (χ0) is 27.9. The summed E-state index contributed by atoms with van der Waals surface area (Å²) in [5.41, 5.74) is 2.64. The molecule has 1 N–H and O–H groups in total. The van der Waals surface area contributed by atoms with Crippen LogP contribution in [0.25, 0.3) is 0 Å². The van der Waals surface area contributed by atoms with Gasteiger partial charge in [-0.3, -0.25) is 9.59 Å². The normalized spacial score (nSPS) is 12.5. The Bertz CT molecular complexity index is 1210. The van der Waals surface area contributed by atoms with E-state index in [4.69, 9.17) is 4.74 Å². The molecule has 2 amide bonds. The maximum Gasteiger partial charge on any atom is 0.261 e. The highest BCUT2D eigenvalue weighted by Crippen LogP contribution is 2.31. The van der Waals surface area contributed by atoms with Crippen LogP contribution in [0.3, 0.4) is 0 Å². The molecule has 0 unspecified atom stereocenters. The molecule has 0 saturated carbocycles. The molecule has 0 spiro atoms. The van der Waals surface area contributed by atoms with Gasteiger partial charge in [-0.15, -0.1) is 0 Å². The number of rotatable bonds is 9. The number of nitrogens with one attached hydrogen (secondary N) is 1. The minimum Gasteiger partial charge on any atom is -0.483 e. The second-order valence-electron chi connectivity index (χ2n) is 11.6. The number of carbonyl (C=O) groups excluding carboxylic acids is 2. The van der Waals surface area contributed by atoms with E-state index in [9.17, 15) is 9.59 Å². The first-order valence-electron chi connectivity index (χ1n) is 13.0. The van der Waals surface area contributed by atoms with Gasteiger partial charge in [-0.25, -0.2) is 0 Å². The smallest absolute Gasteiger partial charge is 0.261 e. The number of nitrogens with zero attached hydrogens (tertiary/aromatic N) is 1. The van der Waals surface area contributed by atoms with Crippen molar-refractivity contribution < 1.29 is 14.3 Å². The number of ether oxygens (including phenoxy) is 1. The first-order chi connectivity index (χ1) is 17.8. The van der Waals surface area contributed by atoms with Crippen molar-refractivity contribution in [3.63, 3.8) is 0 Å². The van der Waals surface area contributed by atoms with Crippen molar-refractivity contribution in [2.75, 3.05) is 6.61 Å². The summed E-state index contributed by atoms with van der Waals surface area (Å²) in [6.07, 6.45) is 0.394. The Morgan fingerprint density at radius 1 is 0.868 bits per heavy atom. The van der Waals surface area contributed by atoms with Gasteiger partial charge in [0.2, 0.25) is 5.91 Å². The molecule has 0 aromatic heterocycles. The number of hydrogen-bond donors (Lipinski definition) is 1. The molecule has 3 aromatic rings. The molecule has 0 heterocycles. The van der Waals surface area contributed by atoms with Crippen LogP contribution in [0, 0.1) is 0 Å². The molecule has 0 aliphatic heterocycles. The molecule has 5 nitrogen and oxygen atoms in total. The Morgan fingerprint density at radius 3 is 1.97 bits per heavy atom. The number of amides is 2. The van der Waals surface area contributed by atoms with Crippen molar-refractivity contribution in [3.8, 4) is 5.75 Å². The van der Waals surface area contributed by atoms with Crippen molar-refractivity contribution in [2.24, 2.45) is 0 Å². The lowest BCUT2D eigenvalue weighted by atomic mass is 9.87. The van der Waals surface area contributed by atoms with Crippen LogP contribution in [0.15, 0.2) is 83.3 Å². The fraction of sp³-hybridized carbons (Fsp3) is 0.375. The second kappa shape index (κ2) is 12.6. The monoisotopic (exact) mass is 578 g/mol. The zero-order valence-corrected chi connectivity index (χ0v) is 24.8. The predicted octanol–water partition coefficient (Wildman–Crippen LogP) is 6.68. The summed E-state index contributed by atoms with van der Waals surface area (Å²) in [6, 6.07) is 24.7. The molecule has 0 bridgehead atoms. The van der Waals surface area contributed by atoms with E-state index in [0.717, 1.165) is 21.2 Å². The van der Waals surface area contributed by atoms with Gasteiger partial charge in [0.15, 0.2) is 6.61 Å². The predicted molar refractivity (Wildman–Crippen MR) is 157 cm³/mol. The Hall–Kier alpha value is -3.12. The zero-order valence-electron chi connectivity index (χ0n) is 23.3. The Labute approximate surface area is 235 Å². The van der Waals surface area contributed by atoms with Crippen molar-refractivity contribution in [1.29, 1.82) is 0 Å². The van der Waals surface area contributed by atoms with Crippen LogP contribution in [0.4, 0.5) is 0 Å². The molecule has 0 aliphatic carbocycles. The summed E-state index contributed by atoms with van der Waals surface area (Å²) < 4.78 is 6.79. The quantitative estimate of drug-likeness (QED) is 0.308. The van der Waals surface area contributed by atoms with Crippen LogP contribution in [-0.4, -0.2) is 34.9 Å². The van der Waals surface area contributed by atoms with Crippen molar-refractivity contribution in [3.05, 3.63) is 100 Å². The molecule has 1 atom stereocenters. The van der Waals surface area contributed by atoms with Gasteiger partial charge in [-0.1, -0.05) is 87.5 Å². The highest BCUT2D eigenvalue weighted by atomic mass is 79.9. The maximum absolute atomic E-state index is 13.8. The Morgan fingerprint density at radius 2 is 1.45 bits per heavy atom. The van der Waals surface area contributed by atoms with E-state index in [-0.39, 0.29) is 23.8 Å². The van der Waals surface area contributed by atoms with Crippen molar-refractivity contribution in [2.45, 2.75) is 71.5 Å². The summed E-state index contributed by atoms with van der Waals surface area (Å²) in [5, 5.41) is 3.08. The van der Waals surface area contributed by atoms with E-state index in [2.05, 4.69) is 42.0 Å². The summed E-state index contributed by atoms with van der Waals surface area (Å²) in [5.74, 6) is 0.136. The number of carbonyl (C=O) groups is 2. The van der Waals surface area contributed by atoms with Gasteiger partial charge in [0.05, 0.1) is 4.47 Å². The summed E-state index contributed by atoms with van der Waals surface area (Å²) >= 11 is 3.60. The maximum atomic E-state index is 13.8. The number of hydrogen-bond acceptors (Lipinski definition) is 3. The second-order valence-corrected chi connectivity index (χ2v) is 12.5. The molecule has 3 aromatic carbocycles. The van der Waals surface area contributed by atoms with Crippen molar-refractivity contribution in [1.82, 2.24) is 10.2 Å². The SMILES string of the molecule is CC(C)(C)NC(=O)[C@H](Cc1ccccc1)N(Cc1ccccc1)C(=O)COc1ccc(C(C)(C)C)cc1Br. The van der Waals surface area contributed by atoms with E-state index >= 15 is 0 Å². The van der Waals surface area contributed by atoms with Gasteiger partial charge in [-0.2, -0.15) is 0 Å². The number of halogens is 1. The molecule has 0 radical (unpaired) electrons. The lowest BCUT2D eigenvalue weighted by molar-refractivity contribution is -0.143. The van der Waals surface area contributed by atoms with Gasteiger partial charge in [0.25, 0.3) is 5.91 Å². The standard InChI is InChI=1S/C32H39BrN2O3/c1-31(2,3)25-17-18-28(26(33)20-25)38-22-29(36)35(21-24-15-11-8-12-16-24)27(30(37)34-32(4,5)6)19-23-13-9-7-10-14-23/h7-18,20,27H,19,21-22H2,1-6H3,(H,34,37)/t27-/m0/s1. The third-order valence-electron chi connectivity index (χ3n) is 6.11. The van der Waals surface area contributed by atoms with Gasteiger partial charge in [0, 0.05) is 18.5 Å². The minimum absolute atomic E-state index is 0.00553. The third kappa shape index (κ3) is 8.73. The van der Waals surface area contributed by atoms with Crippen LogP contribution in [0.1, 0.15) is 58.2 Å². The van der Waals surface area contributed by atoms with E-state index in [1.54, 1.807) is 4.90 Å². The molecule has 0 saturated heterocycles. The van der Waals surface area contributed by atoms with Gasteiger partial charge in [0.1, 0.15) is 11.8 Å². The van der Waals surface area contributed by atoms with Gasteiger partial charge < -0.3 is 15.0 Å². The molecular weight excluding hydrogens is 540 g/mol. The highest BCUT2D eigenvalue weighted by molar-refractivity contribution is 9.10. The molecule has 38 heavy (non-hydrogen) atoms. The molecular formula is C32H39BrN2O3. The van der Waals surface area contributed by atoms with E-state index < -0.39 is 11.6 Å². The number of benzene rings is 3. The Kier molecular flexibility index (Phi) is 9.77. The highest BCUT2D eigenvalue weighted by Gasteiger charge is 2.32.